The van der Waals surface area contributed by atoms with Crippen LogP contribution in [0.3, 0.4) is 0 Å². The number of hydrogen-bond donors (Lipinski definition) is 0. The van der Waals surface area contributed by atoms with Crippen molar-refractivity contribution in [2.45, 2.75) is 64.4 Å². The van der Waals surface area contributed by atoms with E-state index in [4.69, 9.17) is 0 Å². The molecule has 0 radical (unpaired) electrons. The van der Waals surface area contributed by atoms with Crippen LogP contribution in [0.25, 0.3) is 0 Å². The van der Waals surface area contributed by atoms with Gasteiger partial charge in [0.1, 0.15) is 0 Å². The van der Waals surface area contributed by atoms with Gasteiger partial charge >= 0.3 is 0 Å². The van der Waals surface area contributed by atoms with Crippen molar-refractivity contribution in [2.75, 3.05) is 11.5 Å². The van der Waals surface area contributed by atoms with Crippen LogP contribution in [0.5, 0.6) is 0 Å². The smallest absolute Gasteiger partial charge is 0.0623 e. The molecule has 0 N–H and O–H groups in total. The largest absolute Gasteiger partial charge is 0.144 e. The van der Waals surface area contributed by atoms with Crippen LogP contribution in [0.2, 0.25) is 0 Å². The maximum absolute atomic E-state index is 3.52. The molecule has 0 aromatic heterocycles. The molecule has 2 unspecified atom stereocenters. The fourth-order valence-electron chi connectivity index (χ4n) is 3.45. The average Bonchev–Trinajstić information content (AvgIpc) is 2.39. The molecule has 1 heterocycles. The second-order valence-corrected chi connectivity index (χ2v) is 10.8. The van der Waals surface area contributed by atoms with E-state index in [-0.39, 0.29) is 0 Å². The monoisotopic (exact) mass is 310 g/mol. The van der Waals surface area contributed by atoms with Crippen molar-refractivity contribution >= 4 is 23.5 Å². The van der Waals surface area contributed by atoms with Gasteiger partial charge in [0, 0.05) is 5.92 Å². The zero-order valence-corrected chi connectivity index (χ0v) is 15.4. The SMILES string of the molecule is CC#CC1CCCCC1C1(C)SCC(C(C)(C)C)CS1. The highest BCUT2D eigenvalue weighted by molar-refractivity contribution is 8.18. The lowest BCUT2D eigenvalue weighted by Crippen LogP contribution is -2.41. The molecular formula is C18H30S2. The van der Waals surface area contributed by atoms with Crippen molar-refractivity contribution in [1.82, 2.24) is 0 Å². The van der Waals surface area contributed by atoms with Crippen molar-refractivity contribution in [3.05, 3.63) is 0 Å². The second kappa shape index (κ2) is 6.57. The van der Waals surface area contributed by atoms with Crippen LogP contribution < -0.4 is 0 Å². The van der Waals surface area contributed by atoms with E-state index in [0.29, 0.717) is 15.4 Å². The van der Waals surface area contributed by atoms with E-state index in [1.54, 1.807) is 0 Å². The Morgan fingerprint density at radius 1 is 1.05 bits per heavy atom. The highest BCUT2D eigenvalue weighted by atomic mass is 32.2. The zero-order valence-electron chi connectivity index (χ0n) is 13.8. The molecule has 0 aromatic carbocycles. The Morgan fingerprint density at radius 3 is 2.20 bits per heavy atom. The van der Waals surface area contributed by atoms with Crippen molar-refractivity contribution in [2.24, 2.45) is 23.2 Å². The Bertz CT molecular complexity index is 374. The van der Waals surface area contributed by atoms with Gasteiger partial charge in [-0.15, -0.1) is 29.4 Å². The van der Waals surface area contributed by atoms with Gasteiger partial charge in [-0.05, 0) is 55.4 Å². The van der Waals surface area contributed by atoms with Crippen LogP contribution in [0.1, 0.15) is 60.3 Å². The third-order valence-electron chi connectivity index (χ3n) is 5.14. The van der Waals surface area contributed by atoms with Crippen molar-refractivity contribution in [3.8, 4) is 11.8 Å². The Balaban J connectivity index is 2.05. The van der Waals surface area contributed by atoms with Crippen LogP contribution in [0, 0.1) is 35.0 Å². The summed E-state index contributed by atoms with van der Waals surface area (Å²) < 4.78 is 0.399. The predicted octanol–water partition coefficient (Wildman–Crippen LogP) is 5.67. The van der Waals surface area contributed by atoms with Crippen LogP contribution in [0.15, 0.2) is 0 Å². The highest BCUT2D eigenvalue weighted by Crippen LogP contribution is 2.55. The summed E-state index contributed by atoms with van der Waals surface area (Å²) in [6.45, 7) is 11.7. The predicted molar refractivity (Wildman–Crippen MR) is 95.2 cm³/mol. The minimum Gasteiger partial charge on any atom is -0.144 e. The van der Waals surface area contributed by atoms with Crippen molar-refractivity contribution < 1.29 is 0 Å². The summed E-state index contributed by atoms with van der Waals surface area (Å²) in [7, 11) is 0. The van der Waals surface area contributed by atoms with Crippen LogP contribution in [0.4, 0.5) is 0 Å². The highest BCUT2D eigenvalue weighted by Gasteiger charge is 2.45. The third-order valence-corrected chi connectivity index (χ3v) is 8.73. The molecule has 1 saturated carbocycles. The van der Waals surface area contributed by atoms with Crippen molar-refractivity contribution in [1.29, 1.82) is 0 Å². The first kappa shape index (κ1) is 16.6. The third kappa shape index (κ3) is 3.72. The first-order chi connectivity index (χ1) is 9.37. The van der Waals surface area contributed by atoms with Gasteiger partial charge in [-0.25, -0.2) is 0 Å². The normalized spacial score (nSPS) is 39.0. The van der Waals surface area contributed by atoms with Gasteiger partial charge < -0.3 is 0 Å². The summed E-state index contributed by atoms with van der Waals surface area (Å²) in [5.74, 6) is 11.7. The Hall–Kier alpha value is 0.260. The molecule has 0 aromatic rings. The van der Waals surface area contributed by atoms with Crippen molar-refractivity contribution in [3.63, 3.8) is 0 Å². The lowest BCUT2D eigenvalue weighted by atomic mass is 9.77. The molecule has 2 aliphatic rings. The van der Waals surface area contributed by atoms with Crippen LogP contribution in [-0.2, 0) is 0 Å². The number of thioether (sulfide) groups is 2. The first-order valence-corrected chi connectivity index (χ1v) is 10.0. The summed E-state index contributed by atoms with van der Waals surface area (Å²) in [5.41, 5.74) is 0.455. The van der Waals surface area contributed by atoms with Gasteiger partial charge in [0.15, 0.2) is 0 Å². The lowest BCUT2D eigenvalue weighted by Gasteiger charge is -2.47. The molecule has 1 aliphatic heterocycles. The Morgan fingerprint density at radius 2 is 1.65 bits per heavy atom. The second-order valence-electron chi connectivity index (χ2n) is 7.59. The molecule has 2 atom stereocenters. The molecule has 114 valence electrons. The van der Waals surface area contributed by atoms with E-state index < -0.39 is 0 Å². The summed E-state index contributed by atoms with van der Waals surface area (Å²) in [5, 5.41) is 0. The van der Waals surface area contributed by atoms with Gasteiger partial charge in [-0.1, -0.05) is 39.5 Å². The zero-order chi connectivity index (χ0) is 14.8. The molecule has 0 nitrogen and oxygen atoms in total. The van der Waals surface area contributed by atoms with Crippen LogP contribution >= 0.6 is 23.5 Å². The molecular weight excluding hydrogens is 280 g/mol. The Labute approximate surface area is 134 Å². The summed E-state index contributed by atoms with van der Waals surface area (Å²) in [6.07, 6.45) is 5.50. The molecule has 0 spiro atoms. The standard InChI is InChI=1S/C18H30S2/c1-6-9-14-10-7-8-11-16(14)18(5)19-12-15(13-20-18)17(2,3)4/h14-16H,7-8,10-13H2,1-5H3. The average molecular weight is 311 g/mol. The Kier molecular flexibility index (Phi) is 5.46. The van der Waals surface area contributed by atoms with Crippen LogP contribution in [-0.4, -0.2) is 15.6 Å². The van der Waals surface area contributed by atoms with Gasteiger partial charge in [0.05, 0.1) is 4.08 Å². The van der Waals surface area contributed by atoms with E-state index in [1.165, 1.54) is 37.2 Å². The van der Waals surface area contributed by atoms with Gasteiger partial charge in [-0.3, -0.25) is 0 Å². The molecule has 0 amide bonds. The lowest BCUT2D eigenvalue weighted by molar-refractivity contribution is 0.267. The van der Waals surface area contributed by atoms with E-state index >= 15 is 0 Å². The minimum atomic E-state index is 0.399. The maximum Gasteiger partial charge on any atom is 0.0623 e. The molecule has 2 fully saturated rings. The quantitative estimate of drug-likeness (QED) is 0.572. The fraction of sp³-hybridized carbons (Fsp3) is 0.889. The number of rotatable bonds is 1. The molecule has 20 heavy (non-hydrogen) atoms. The van der Waals surface area contributed by atoms with E-state index in [1.807, 2.05) is 6.92 Å². The summed E-state index contributed by atoms with van der Waals surface area (Å²) in [4.78, 5) is 0. The minimum absolute atomic E-state index is 0.399. The fourth-order valence-corrected chi connectivity index (χ4v) is 7.64. The summed E-state index contributed by atoms with van der Waals surface area (Å²) >= 11 is 4.46. The molecule has 1 aliphatic carbocycles. The van der Waals surface area contributed by atoms with Gasteiger partial charge in [-0.2, -0.15) is 0 Å². The van der Waals surface area contributed by atoms with Gasteiger partial charge in [0.25, 0.3) is 0 Å². The molecule has 0 bridgehead atoms. The maximum atomic E-state index is 3.52. The molecule has 2 rings (SSSR count). The molecule has 1 saturated heterocycles. The summed E-state index contributed by atoms with van der Waals surface area (Å²) in [6, 6.07) is 0. The molecule has 2 heteroatoms. The van der Waals surface area contributed by atoms with E-state index in [9.17, 15) is 0 Å². The van der Waals surface area contributed by atoms with Gasteiger partial charge in [0.2, 0.25) is 0 Å². The number of hydrogen-bond acceptors (Lipinski definition) is 2. The van der Waals surface area contributed by atoms with E-state index in [0.717, 1.165) is 11.8 Å². The topological polar surface area (TPSA) is 0 Å². The first-order valence-electron chi connectivity index (χ1n) is 8.07. The van der Waals surface area contributed by atoms with E-state index in [2.05, 4.69) is 63.1 Å².